The van der Waals surface area contributed by atoms with Gasteiger partial charge in [-0.25, -0.2) is 8.42 Å². The predicted octanol–water partition coefficient (Wildman–Crippen LogP) is 4.17. The van der Waals surface area contributed by atoms with E-state index in [1.54, 1.807) is 43.1 Å². The van der Waals surface area contributed by atoms with E-state index in [2.05, 4.69) is 5.32 Å². The summed E-state index contributed by atoms with van der Waals surface area (Å²) in [5.41, 5.74) is 0.852. The average Bonchev–Trinajstić information content (AvgIpc) is 2.67. The van der Waals surface area contributed by atoms with Gasteiger partial charge in [0, 0.05) is 41.7 Å². The number of nitrogens with zero attached hydrogens (tertiary/aromatic N) is 1. The van der Waals surface area contributed by atoms with Crippen LogP contribution in [-0.2, 0) is 21.4 Å². The summed E-state index contributed by atoms with van der Waals surface area (Å²) in [6.45, 7) is 4.02. The van der Waals surface area contributed by atoms with Crippen molar-refractivity contribution < 1.29 is 13.2 Å². The van der Waals surface area contributed by atoms with Crippen molar-refractivity contribution >= 4 is 39.3 Å². The molecule has 2 rings (SSSR count). The van der Waals surface area contributed by atoms with Crippen molar-refractivity contribution in [2.24, 2.45) is 0 Å². The standard InChI is InChI=1S/C20H25ClN2O3S2/c1-15(2)23(3)28(25,26)19-10-4-16(5-11-19)14-22-20(24)12-13-27-18-8-6-17(21)7-9-18/h4-11,15H,12-14H2,1-3H3,(H,22,24). The maximum atomic E-state index is 12.5. The predicted molar refractivity (Wildman–Crippen MR) is 115 cm³/mol. The van der Waals surface area contributed by atoms with E-state index in [0.717, 1.165) is 10.5 Å². The van der Waals surface area contributed by atoms with Gasteiger partial charge in [-0.05, 0) is 55.8 Å². The Balaban J connectivity index is 1.81. The molecule has 1 N–H and O–H groups in total. The monoisotopic (exact) mass is 440 g/mol. The number of rotatable bonds is 9. The summed E-state index contributed by atoms with van der Waals surface area (Å²) >= 11 is 7.45. The summed E-state index contributed by atoms with van der Waals surface area (Å²) in [7, 11) is -1.93. The van der Waals surface area contributed by atoms with Crippen LogP contribution in [0.5, 0.6) is 0 Å². The first kappa shape index (κ1) is 22.7. The van der Waals surface area contributed by atoms with Crippen molar-refractivity contribution in [1.82, 2.24) is 9.62 Å². The molecule has 5 nitrogen and oxygen atoms in total. The molecule has 0 heterocycles. The van der Waals surface area contributed by atoms with Crippen LogP contribution >= 0.6 is 23.4 Å². The maximum Gasteiger partial charge on any atom is 0.243 e. The molecule has 0 aliphatic rings. The van der Waals surface area contributed by atoms with Gasteiger partial charge in [0.2, 0.25) is 15.9 Å². The Morgan fingerprint density at radius 1 is 1.11 bits per heavy atom. The normalized spacial score (nSPS) is 11.8. The van der Waals surface area contributed by atoms with Crippen molar-refractivity contribution in [3.8, 4) is 0 Å². The molecule has 0 aliphatic heterocycles. The Labute approximate surface area is 176 Å². The number of hydrogen-bond donors (Lipinski definition) is 1. The summed E-state index contributed by atoms with van der Waals surface area (Å²) in [5, 5.41) is 3.55. The summed E-state index contributed by atoms with van der Waals surface area (Å²) < 4.78 is 26.2. The number of carbonyl (C=O) groups excluding carboxylic acids is 1. The molecule has 2 aromatic carbocycles. The SMILES string of the molecule is CC(C)N(C)S(=O)(=O)c1ccc(CNC(=O)CCSc2ccc(Cl)cc2)cc1. The average molecular weight is 441 g/mol. The fourth-order valence-electron chi connectivity index (χ4n) is 2.30. The van der Waals surface area contributed by atoms with Gasteiger partial charge in [-0.3, -0.25) is 4.79 Å². The number of carbonyl (C=O) groups is 1. The third-order valence-electron chi connectivity index (χ3n) is 4.23. The Kier molecular flexibility index (Phi) is 8.37. The first-order valence-electron chi connectivity index (χ1n) is 8.92. The molecule has 0 radical (unpaired) electrons. The van der Waals surface area contributed by atoms with Crippen LogP contribution < -0.4 is 5.32 Å². The van der Waals surface area contributed by atoms with Crippen LogP contribution in [0.1, 0.15) is 25.8 Å². The fourth-order valence-corrected chi connectivity index (χ4v) is 4.65. The summed E-state index contributed by atoms with van der Waals surface area (Å²) in [6, 6.07) is 14.0. The van der Waals surface area contributed by atoms with E-state index >= 15 is 0 Å². The van der Waals surface area contributed by atoms with Crippen molar-refractivity contribution in [2.75, 3.05) is 12.8 Å². The van der Waals surface area contributed by atoms with E-state index in [9.17, 15) is 13.2 Å². The lowest BCUT2D eigenvalue weighted by Crippen LogP contribution is -2.33. The van der Waals surface area contributed by atoms with Crippen LogP contribution in [0, 0.1) is 0 Å². The summed E-state index contributed by atoms with van der Waals surface area (Å²) in [5.74, 6) is 0.629. The molecule has 0 atom stereocenters. The highest BCUT2D eigenvalue weighted by Gasteiger charge is 2.22. The number of sulfonamides is 1. The topological polar surface area (TPSA) is 66.5 Å². The largest absolute Gasteiger partial charge is 0.352 e. The second kappa shape index (κ2) is 10.3. The van der Waals surface area contributed by atoms with Crippen LogP contribution in [0.3, 0.4) is 0 Å². The van der Waals surface area contributed by atoms with E-state index < -0.39 is 10.0 Å². The molecule has 0 saturated carbocycles. The molecule has 0 saturated heterocycles. The Morgan fingerprint density at radius 3 is 2.29 bits per heavy atom. The summed E-state index contributed by atoms with van der Waals surface area (Å²) in [6.07, 6.45) is 0.402. The molecule has 0 bridgehead atoms. The molecule has 0 aromatic heterocycles. The Morgan fingerprint density at radius 2 is 1.71 bits per heavy atom. The second-order valence-corrected chi connectivity index (χ2v) is 10.2. The van der Waals surface area contributed by atoms with Gasteiger partial charge in [0.05, 0.1) is 4.90 Å². The highest BCUT2D eigenvalue weighted by molar-refractivity contribution is 7.99. The van der Waals surface area contributed by atoms with E-state index in [-0.39, 0.29) is 16.8 Å². The third kappa shape index (κ3) is 6.51. The zero-order valence-corrected chi connectivity index (χ0v) is 18.6. The Hall–Kier alpha value is -1.54. The van der Waals surface area contributed by atoms with E-state index in [4.69, 9.17) is 11.6 Å². The second-order valence-electron chi connectivity index (χ2n) is 6.59. The molecule has 0 fully saturated rings. The number of hydrogen-bond acceptors (Lipinski definition) is 4. The lowest BCUT2D eigenvalue weighted by molar-refractivity contribution is -0.120. The number of halogens is 1. The lowest BCUT2D eigenvalue weighted by Gasteiger charge is -2.21. The van der Waals surface area contributed by atoms with Crippen molar-refractivity contribution in [3.63, 3.8) is 0 Å². The third-order valence-corrected chi connectivity index (χ3v) is 7.54. The summed E-state index contributed by atoms with van der Waals surface area (Å²) in [4.78, 5) is 13.3. The fraction of sp³-hybridized carbons (Fsp3) is 0.350. The van der Waals surface area contributed by atoms with Crippen LogP contribution in [0.4, 0.5) is 0 Å². The number of nitrogens with one attached hydrogen (secondary N) is 1. The molecule has 1 amide bonds. The zero-order chi connectivity index (χ0) is 20.7. The molecule has 152 valence electrons. The highest BCUT2D eigenvalue weighted by Crippen LogP contribution is 2.21. The molecular formula is C20H25ClN2O3S2. The van der Waals surface area contributed by atoms with Crippen molar-refractivity contribution in [2.45, 2.75) is 42.6 Å². The number of benzene rings is 2. The molecule has 8 heteroatoms. The minimum atomic E-state index is -3.49. The Bertz CT molecular complexity index is 883. The molecule has 2 aromatic rings. The molecule has 0 spiro atoms. The van der Waals surface area contributed by atoms with Gasteiger partial charge < -0.3 is 5.32 Å². The number of amides is 1. The molecule has 0 aliphatic carbocycles. The van der Waals surface area contributed by atoms with Gasteiger partial charge in [0.15, 0.2) is 0 Å². The van der Waals surface area contributed by atoms with Gasteiger partial charge in [0.25, 0.3) is 0 Å². The van der Waals surface area contributed by atoms with Gasteiger partial charge in [-0.15, -0.1) is 11.8 Å². The first-order chi connectivity index (χ1) is 13.2. The first-order valence-corrected chi connectivity index (χ1v) is 11.7. The minimum Gasteiger partial charge on any atom is -0.352 e. The smallest absolute Gasteiger partial charge is 0.243 e. The van der Waals surface area contributed by atoms with E-state index in [1.165, 1.54) is 4.31 Å². The lowest BCUT2D eigenvalue weighted by atomic mass is 10.2. The van der Waals surface area contributed by atoms with Gasteiger partial charge in [-0.2, -0.15) is 4.31 Å². The minimum absolute atomic E-state index is 0.0438. The van der Waals surface area contributed by atoms with Crippen LogP contribution in [0.25, 0.3) is 0 Å². The molecular weight excluding hydrogens is 416 g/mol. The van der Waals surface area contributed by atoms with E-state index in [0.29, 0.717) is 23.7 Å². The molecule has 0 unspecified atom stereocenters. The van der Waals surface area contributed by atoms with E-state index in [1.807, 2.05) is 38.1 Å². The molecule has 28 heavy (non-hydrogen) atoms. The van der Waals surface area contributed by atoms with Gasteiger partial charge in [-0.1, -0.05) is 23.7 Å². The quantitative estimate of drug-likeness (QED) is 0.594. The van der Waals surface area contributed by atoms with Crippen molar-refractivity contribution in [3.05, 3.63) is 59.1 Å². The zero-order valence-electron chi connectivity index (χ0n) is 16.2. The maximum absolute atomic E-state index is 12.5. The van der Waals surface area contributed by atoms with Crippen LogP contribution in [0.2, 0.25) is 5.02 Å². The van der Waals surface area contributed by atoms with Crippen molar-refractivity contribution in [1.29, 1.82) is 0 Å². The number of thioether (sulfide) groups is 1. The highest BCUT2D eigenvalue weighted by atomic mass is 35.5. The van der Waals surface area contributed by atoms with Crippen LogP contribution in [0.15, 0.2) is 58.3 Å². The van der Waals surface area contributed by atoms with Gasteiger partial charge in [0.1, 0.15) is 0 Å². The van der Waals surface area contributed by atoms with Crippen LogP contribution in [-0.4, -0.2) is 37.5 Å². The van der Waals surface area contributed by atoms with Gasteiger partial charge >= 0.3 is 0 Å².